The lowest BCUT2D eigenvalue weighted by molar-refractivity contribution is 0.0978. The second kappa shape index (κ2) is 5.76. The third-order valence-corrected chi connectivity index (χ3v) is 4.12. The van der Waals surface area contributed by atoms with Crippen LogP contribution in [0.4, 0.5) is 0 Å². The van der Waals surface area contributed by atoms with E-state index >= 15 is 0 Å². The van der Waals surface area contributed by atoms with E-state index in [2.05, 4.69) is 28.7 Å². The lowest BCUT2D eigenvalue weighted by Crippen LogP contribution is -2.51. The van der Waals surface area contributed by atoms with Crippen LogP contribution in [-0.4, -0.2) is 33.5 Å². The standard InChI is InChI=1S/C14H24N4/c1-14(2,18-7-5-3-4-6-8-18)13(15)12-9-16-11-17-10-12/h9-11,13H,3-8,15H2,1-2H3. The van der Waals surface area contributed by atoms with Crippen molar-refractivity contribution in [3.8, 4) is 0 Å². The zero-order valence-corrected chi connectivity index (χ0v) is 11.5. The molecule has 2 N–H and O–H groups in total. The first-order valence-corrected chi connectivity index (χ1v) is 6.88. The van der Waals surface area contributed by atoms with Crippen molar-refractivity contribution < 1.29 is 0 Å². The van der Waals surface area contributed by atoms with Gasteiger partial charge in [0.25, 0.3) is 0 Å². The quantitative estimate of drug-likeness (QED) is 0.890. The fraction of sp³-hybridized carbons (Fsp3) is 0.714. The molecule has 1 aliphatic rings. The number of rotatable bonds is 3. The van der Waals surface area contributed by atoms with Crippen LogP contribution in [0.3, 0.4) is 0 Å². The zero-order chi connectivity index (χ0) is 13.0. The van der Waals surface area contributed by atoms with Crippen LogP contribution in [0.5, 0.6) is 0 Å². The zero-order valence-electron chi connectivity index (χ0n) is 11.5. The van der Waals surface area contributed by atoms with E-state index in [4.69, 9.17) is 5.73 Å². The van der Waals surface area contributed by atoms with Gasteiger partial charge in [0.05, 0.1) is 6.04 Å². The van der Waals surface area contributed by atoms with Gasteiger partial charge in [0.15, 0.2) is 0 Å². The van der Waals surface area contributed by atoms with Gasteiger partial charge in [-0.3, -0.25) is 4.90 Å². The van der Waals surface area contributed by atoms with Gasteiger partial charge in [-0.25, -0.2) is 9.97 Å². The molecule has 1 aromatic heterocycles. The van der Waals surface area contributed by atoms with Gasteiger partial charge in [-0.05, 0) is 39.8 Å². The highest BCUT2D eigenvalue weighted by atomic mass is 15.2. The second-order valence-corrected chi connectivity index (χ2v) is 5.70. The van der Waals surface area contributed by atoms with E-state index in [-0.39, 0.29) is 11.6 Å². The minimum Gasteiger partial charge on any atom is -0.322 e. The number of hydrogen-bond acceptors (Lipinski definition) is 4. The Bertz CT molecular complexity index is 355. The Hall–Kier alpha value is -1.00. The summed E-state index contributed by atoms with van der Waals surface area (Å²) < 4.78 is 0. The topological polar surface area (TPSA) is 55.0 Å². The van der Waals surface area contributed by atoms with Gasteiger partial charge in [-0.15, -0.1) is 0 Å². The summed E-state index contributed by atoms with van der Waals surface area (Å²) in [6, 6.07) is -0.0446. The van der Waals surface area contributed by atoms with Crippen LogP contribution in [0.2, 0.25) is 0 Å². The number of nitrogens with zero attached hydrogens (tertiary/aromatic N) is 3. The summed E-state index contributed by atoms with van der Waals surface area (Å²) >= 11 is 0. The fourth-order valence-electron chi connectivity index (χ4n) is 2.72. The van der Waals surface area contributed by atoms with E-state index in [0.717, 1.165) is 18.7 Å². The Kier molecular flexibility index (Phi) is 4.30. The van der Waals surface area contributed by atoms with Gasteiger partial charge in [0, 0.05) is 23.5 Å². The molecule has 1 aromatic rings. The van der Waals surface area contributed by atoms with Crippen LogP contribution in [0.1, 0.15) is 51.1 Å². The van der Waals surface area contributed by atoms with Crippen LogP contribution in [0.25, 0.3) is 0 Å². The Balaban J connectivity index is 2.13. The molecular weight excluding hydrogens is 224 g/mol. The van der Waals surface area contributed by atoms with Crippen LogP contribution >= 0.6 is 0 Å². The van der Waals surface area contributed by atoms with Gasteiger partial charge in [-0.1, -0.05) is 12.8 Å². The minimum absolute atomic E-state index is 0.0446. The summed E-state index contributed by atoms with van der Waals surface area (Å²) in [5.74, 6) is 0. The van der Waals surface area contributed by atoms with Crippen molar-refractivity contribution in [1.29, 1.82) is 0 Å². The van der Waals surface area contributed by atoms with Crippen molar-refractivity contribution in [3.63, 3.8) is 0 Å². The molecule has 0 saturated carbocycles. The molecule has 2 rings (SSSR count). The summed E-state index contributed by atoms with van der Waals surface area (Å²) in [4.78, 5) is 10.7. The highest BCUT2D eigenvalue weighted by Gasteiger charge is 2.34. The second-order valence-electron chi connectivity index (χ2n) is 5.70. The Morgan fingerprint density at radius 3 is 2.22 bits per heavy atom. The van der Waals surface area contributed by atoms with Crippen molar-refractivity contribution in [3.05, 3.63) is 24.3 Å². The number of likely N-dealkylation sites (tertiary alicyclic amines) is 1. The molecule has 0 aromatic carbocycles. The minimum atomic E-state index is -0.0466. The molecule has 1 saturated heterocycles. The van der Waals surface area contributed by atoms with E-state index in [0.29, 0.717) is 0 Å². The molecule has 18 heavy (non-hydrogen) atoms. The van der Waals surface area contributed by atoms with Gasteiger partial charge >= 0.3 is 0 Å². The first-order chi connectivity index (χ1) is 8.62. The molecule has 4 heteroatoms. The molecule has 0 spiro atoms. The molecular formula is C14H24N4. The van der Waals surface area contributed by atoms with Gasteiger partial charge in [0.2, 0.25) is 0 Å². The van der Waals surface area contributed by atoms with Crippen LogP contribution < -0.4 is 5.73 Å². The highest BCUT2D eigenvalue weighted by molar-refractivity contribution is 5.14. The molecule has 1 atom stereocenters. The monoisotopic (exact) mass is 248 g/mol. The van der Waals surface area contributed by atoms with Crippen molar-refractivity contribution >= 4 is 0 Å². The number of aromatic nitrogens is 2. The van der Waals surface area contributed by atoms with Crippen molar-refractivity contribution in [2.24, 2.45) is 5.73 Å². The van der Waals surface area contributed by atoms with Gasteiger partial charge in [-0.2, -0.15) is 0 Å². The van der Waals surface area contributed by atoms with E-state index in [1.165, 1.54) is 25.7 Å². The molecule has 4 nitrogen and oxygen atoms in total. The molecule has 100 valence electrons. The first kappa shape index (κ1) is 13.4. The Morgan fingerprint density at radius 1 is 1.11 bits per heavy atom. The molecule has 0 aliphatic carbocycles. The van der Waals surface area contributed by atoms with Gasteiger partial charge < -0.3 is 5.73 Å². The normalized spacial score (nSPS) is 20.4. The third kappa shape index (κ3) is 2.87. The lowest BCUT2D eigenvalue weighted by atomic mass is 9.88. The summed E-state index contributed by atoms with van der Waals surface area (Å²) in [7, 11) is 0. The first-order valence-electron chi connectivity index (χ1n) is 6.88. The van der Waals surface area contributed by atoms with E-state index in [1.807, 2.05) is 12.4 Å². The largest absolute Gasteiger partial charge is 0.322 e. The SMILES string of the molecule is CC(C)(C(N)c1cncnc1)N1CCCCCC1. The van der Waals surface area contributed by atoms with Gasteiger partial charge in [0.1, 0.15) is 6.33 Å². The molecule has 2 heterocycles. The predicted octanol–water partition coefficient (Wildman–Crippen LogP) is 2.13. The molecule has 0 radical (unpaired) electrons. The van der Waals surface area contributed by atoms with Crippen molar-refractivity contribution in [1.82, 2.24) is 14.9 Å². The lowest BCUT2D eigenvalue weighted by Gasteiger charge is -2.42. The molecule has 1 fully saturated rings. The smallest absolute Gasteiger partial charge is 0.115 e. The Morgan fingerprint density at radius 2 is 1.67 bits per heavy atom. The predicted molar refractivity (Wildman–Crippen MR) is 73.1 cm³/mol. The maximum absolute atomic E-state index is 6.43. The summed E-state index contributed by atoms with van der Waals surface area (Å²) in [6.45, 7) is 6.76. The maximum Gasteiger partial charge on any atom is 0.115 e. The molecule has 1 unspecified atom stereocenters. The maximum atomic E-state index is 6.43. The Labute approximate surface area is 110 Å². The third-order valence-electron chi connectivity index (χ3n) is 4.12. The summed E-state index contributed by atoms with van der Waals surface area (Å²) in [5, 5.41) is 0. The summed E-state index contributed by atoms with van der Waals surface area (Å²) in [5.41, 5.74) is 7.41. The molecule has 1 aliphatic heterocycles. The summed E-state index contributed by atoms with van der Waals surface area (Å²) in [6.07, 6.45) is 10.5. The van der Waals surface area contributed by atoms with Crippen molar-refractivity contribution in [2.75, 3.05) is 13.1 Å². The van der Waals surface area contributed by atoms with Crippen LogP contribution in [-0.2, 0) is 0 Å². The fourth-order valence-corrected chi connectivity index (χ4v) is 2.72. The molecule has 0 bridgehead atoms. The average Bonchev–Trinajstić information content (AvgIpc) is 2.68. The van der Waals surface area contributed by atoms with Crippen LogP contribution in [0.15, 0.2) is 18.7 Å². The van der Waals surface area contributed by atoms with E-state index in [1.54, 1.807) is 6.33 Å². The van der Waals surface area contributed by atoms with E-state index < -0.39 is 0 Å². The molecule has 0 amide bonds. The van der Waals surface area contributed by atoms with Crippen LogP contribution in [0, 0.1) is 0 Å². The number of hydrogen-bond donors (Lipinski definition) is 1. The van der Waals surface area contributed by atoms with E-state index in [9.17, 15) is 0 Å². The highest BCUT2D eigenvalue weighted by Crippen LogP contribution is 2.30. The average molecular weight is 248 g/mol. The number of nitrogens with two attached hydrogens (primary N) is 1. The van der Waals surface area contributed by atoms with Crippen molar-refractivity contribution in [2.45, 2.75) is 51.1 Å².